The van der Waals surface area contributed by atoms with E-state index in [2.05, 4.69) is 20.6 Å². The van der Waals surface area contributed by atoms with Gasteiger partial charge in [0, 0.05) is 11.6 Å². The smallest absolute Gasteiger partial charge is 0.235 e. The zero-order valence-corrected chi connectivity index (χ0v) is 16.1. The highest BCUT2D eigenvalue weighted by Crippen LogP contribution is 2.23. The molecule has 1 aromatic heterocycles. The normalized spacial score (nSPS) is 10.1. The van der Waals surface area contributed by atoms with Crippen LogP contribution < -0.4 is 20.1 Å². The summed E-state index contributed by atoms with van der Waals surface area (Å²) in [5.74, 6) is 1.64. The van der Waals surface area contributed by atoms with Gasteiger partial charge in [0.15, 0.2) is 5.11 Å². The molecule has 8 heteroatoms. The van der Waals surface area contributed by atoms with E-state index in [1.807, 2.05) is 54.6 Å². The van der Waals surface area contributed by atoms with E-state index in [0.29, 0.717) is 34.2 Å². The summed E-state index contributed by atoms with van der Waals surface area (Å²) in [4.78, 5) is 8.54. The number of para-hydroxylation sites is 1. The number of rotatable bonds is 6. The molecule has 3 aromatic rings. The highest BCUT2D eigenvalue weighted by Gasteiger charge is 2.09. The third kappa shape index (κ3) is 5.80. The molecule has 2 N–H and O–H groups in total. The monoisotopic (exact) mass is 400 g/mol. The molecular weight excluding hydrogens is 384 g/mol. The molecule has 3 rings (SSSR count). The van der Waals surface area contributed by atoms with Crippen LogP contribution in [0.5, 0.6) is 17.5 Å². The maximum atomic E-state index is 5.88. The predicted molar refractivity (Wildman–Crippen MR) is 110 cm³/mol. The minimum atomic E-state index is 0.272. The molecule has 2 aromatic carbocycles. The summed E-state index contributed by atoms with van der Waals surface area (Å²) >= 11 is 11.2. The molecule has 0 saturated carbocycles. The minimum Gasteiger partial charge on any atom is -0.481 e. The fourth-order valence-electron chi connectivity index (χ4n) is 2.16. The van der Waals surface area contributed by atoms with Gasteiger partial charge in [-0.15, -0.1) is 0 Å². The van der Waals surface area contributed by atoms with Crippen LogP contribution in [0, 0.1) is 0 Å². The first kappa shape index (κ1) is 18.9. The zero-order chi connectivity index (χ0) is 19.1. The lowest BCUT2D eigenvalue weighted by atomic mass is 10.2. The van der Waals surface area contributed by atoms with Gasteiger partial charge in [-0.25, -0.2) is 0 Å². The second kappa shape index (κ2) is 9.16. The van der Waals surface area contributed by atoms with Crippen LogP contribution in [0.3, 0.4) is 0 Å². The molecule has 0 radical (unpaired) electrons. The first-order valence-corrected chi connectivity index (χ1v) is 8.86. The Hall–Kier alpha value is -2.90. The van der Waals surface area contributed by atoms with Crippen LogP contribution in [-0.4, -0.2) is 22.2 Å². The highest BCUT2D eigenvalue weighted by molar-refractivity contribution is 7.80. The number of ether oxygens (including phenoxy) is 2. The Morgan fingerprint density at radius 2 is 1.74 bits per heavy atom. The largest absolute Gasteiger partial charge is 0.481 e. The summed E-state index contributed by atoms with van der Waals surface area (Å²) in [6.07, 6.45) is 0. The Bertz CT molecular complexity index is 907. The summed E-state index contributed by atoms with van der Waals surface area (Å²) in [5, 5.41) is 7.09. The van der Waals surface area contributed by atoms with Gasteiger partial charge in [0.05, 0.1) is 13.2 Å². The number of nitrogens with zero attached hydrogens (tertiary/aromatic N) is 2. The number of anilines is 1. The van der Waals surface area contributed by atoms with E-state index >= 15 is 0 Å². The third-order valence-corrected chi connectivity index (χ3v) is 3.94. The van der Waals surface area contributed by atoms with Crippen molar-refractivity contribution in [1.29, 1.82) is 0 Å². The lowest BCUT2D eigenvalue weighted by Gasteiger charge is -2.12. The summed E-state index contributed by atoms with van der Waals surface area (Å²) in [6.45, 7) is 0.542. The fourth-order valence-corrected chi connectivity index (χ4v) is 2.45. The number of methoxy groups -OCH3 is 1. The van der Waals surface area contributed by atoms with E-state index in [4.69, 9.17) is 33.3 Å². The van der Waals surface area contributed by atoms with Gasteiger partial charge in [-0.1, -0.05) is 41.9 Å². The quantitative estimate of drug-likeness (QED) is 0.593. The second-order valence-corrected chi connectivity index (χ2v) is 6.27. The van der Waals surface area contributed by atoms with Gasteiger partial charge in [-0.05, 0) is 42.0 Å². The maximum Gasteiger partial charge on any atom is 0.235 e. The van der Waals surface area contributed by atoms with Gasteiger partial charge in [-0.3, -0.25) is 0 Å². The molecule has 6 nitrogen and oxygen atoms in total. The van der Waals surface area contributed by atoms with E-state index < -0.39 is 0 Å². The topological polar surface area (TPSA) is 68.3 Å². The molecule has 0 saturated heterocycles. The lowest BCUT2D eigenvalue weighted by molar-refractivity contribution is 0.389. The minimum absolute atomic E-state index is 0.272. The van der Waals surface area contributed by atoms with Crippen molar-refractivity contribution in [3.05, 3.63) is 71.2 Å². The molecule has 0 spiro atoms. The van der Waals surface area contributed by atoms with E-state index in [0.717, 1.165) is 5.56 Å². The second-order valence-electron chi connectivity index (χ2n) is 5.42. The van der Waals surface area contributed by atoms with Crippen LogP contribution in [0.25, 0.3) is 0 Å². The van der Waals surface area contributed by atoms with E-state index in [9.17, 15) is 0 Å². The van der Waals surface area contributed by atoms with Gasteiger partial charge < -0.3 is 20.1 Å². The Morgan fingerprint density at radius 1 is 1.04 bits per heavy atom. The van der Waals surface area contributed by atoms with Crippen molar-refractivity contribution in [3.8, 4) is 17.5 Å². The number of halogens is 1. The molecule has 0 atom stereocenters. The molecule has 0 bridgehead atoms. The van der Waals surface area contributed by atoms with Gasteiger partial charge >= 0.3 is 0 Å². The van der Waals surface area contributed by atoms with Gasteiger partial charge in [0.2, 0.25) is 17.7 Å². The first-order chi connectivity index (χ1) is 13.1. The molecule has 27 heavy (non-hydrogen) atoms. The van der Waals surface area contributed by atoms with Gasteiger partial charge in [-0.2, -0.15) is 9.97 Å². The van der Waals surface area contributed by atoms with Crippen LogP contribution >= 0.6 is 23.8 Å². The van der Waals surface area contributed by atoms with Crippen LogP contribution in [0.15, 0.2) is 60.7 Å². The maximum absolute atomic E-state index is 5.88. The summed E-state index contributed by atoms with van der Waals surface area (Å²) in [5.41, 5.74) is 1.04. The number of nitrogens with one attached hydrogen (secondary N) is 2. The van der Waals surface area contributed by atoms with Gasteiger partial charge in [0.1, 0.15) is 5.75 Å². The fraction of sp³-hybridized carbons (Fsp3) is 0.105. The van der Waals surface area contributed by atoms with Crippen molar-refractivity contribution in [2.24, 2.45) is 0 Å². The molecule has 1 heterocycles. The number of hydrogen-bond acceptors (Lipinski definition) is 5. The Morgan fingerprint density at radius 3 is 2.44 bits per heavy atom. The molecule has 0 fully saturated rings. The summed E-state index contributed by atoms with van der Waals surface area (Å²) < 4.78 is 10.9. The molecular formula is C19H17ClN4O2S. The number of aromatic nitrogens is 2. The van der Waals surface area contributed by atoms with Crippen LogP contribution in [0.1, 0.15) is 5.56 Å². The Labute approximate surface area is 167 Å². The predicted octanol–water partition coefficient (Wildman–Crippen LogP) is 4.42. The molecule has 0 aliphatic heterocycles. The van der Waals surface area contributed by atoms with Crippen molar-refractivity contribution >= 4 is 34.9 Å². The van der Waals surface area contributed by atoms with E-state index in [1.54, 1.807) is 6.07 Å². The number of hydrogen-bond donors (Lipinski definition) is 2. The van der Waals surface area contributed by atoms with Crippen molar-refractivity contribution < 1.29 is 9.47 Å². The van der Waals surface area contributed by atoms with Crippen molar-refractivity contribution in [3.63, 3.8) is 0 Å². The first-order valence-electron chi connectivity index (χ1n) is 8.07. The van der Waals surface area contributed by atoms with Crippen LogP contribution in [0.2, 0.25) is 5.02 Å². The van der Waals surface area contributed by atoms with Gasteiger partial charge in [0.25, 0.3) is 0 Å². The SMILES string of the molecule is COc1cc(Oc2ccccc2)nc(NC(=S)NCc2ccc(Cl)cc2)n1. The standard InChI is InChI=1S/C19H17ClN4O2S/c1-25-16-11-17(26-15-5-3-2-4-6-15)23-18(22-16)24-19(27)21-12-13-7-9-14(20)10-8-13/h2-11H,12H2,1H3,(H2,21,22,23,24,27). The average molecular weight is 401 g/mol. The van der Waals surface area contributed by atoms with Crippen LogP contribution in [0.4, 0.5) is 5.95 Å². The molecule has 0 aliphatic carbocycles. The Balaban J connectivity index is 1.65. The number of thiocarbonyl (C=S) groups is 1. The van der Waals surface area contributed by atoms with Crippen LogP contribution in [-0.2, 0) is 6.54 Å². The molecule has 138 valence electrons. The highest BCUT2D eigenvalue weighted by atomic mass is 35.5. The molecule has 0 aliphatic rings. The van der Waals surface area contributed by atoms with E-state index in [1.165, 1.54) is 7.11 Å². The lowest BCUT2D eigenvalue weighted by Crippen LogP contribution is -2.28. The zero-order valence-electron chi connectivity index (χ0n) is 14.5. The molecule has 0 amide bonds. The van der Waals surface area contributed by atoms with Crippen molar-refractivity contribution in [2.75, 3.05) is 12.4 Å². The van der Waals surface area contributed by atoms with Crippen molar-refractivity contribution in [2.45, 2.75) is 6.54 Å². The summed E-state index contributed by atoms with van der Waals surface area (Å²) in [7, 11) is 1.52. The average Bonchev–Trinajstić information content (AvgIpc) is 2.68. The third-order valence-electron chi connectivity index (χ3n) is 3.45. The molecule has 0 unspecified atom stereocenters. The Kier molecular flexibility index (Phi) is 6.40. The van der Waals surface area contributed by atoms with E-state index in [-0.39, 0.29) is 5.95 Å². The van der Waals surface area contributed by atoms with Crippen molar-refractivity contribution in [1.82, 2.24) is 15.3 Å². The summed E-state index contributed by atoms with van der Waals surface area (Å²) in [6, 6.07) is 18.4. The number of benzene rings is 2.